The lowest BCUT2D eigenvalue weighted by Gasteiger charge is -2.34. The van der Waals surface area contributed by atoms with E-state index in [0.29, 0.717) is 39.0 Å². The molecule has 1 fully saturated rings. The third-order valence-electron chi connectivity index (χ3n) is 5.93. The fourth-order valence-corrected chi connectivity index (χ4v) is 4.38. The Morgan fingerprint density at radius 1 is 1.06 bits per heavy atom. The maximum atomic E-state index is 14.6. The topological polar surface area (TPSA) is 86.4 Å². The minimum Gasteiger partial charge on any atom is -0.327 e. The number of piperazine rings is 1. The average molecular weight is 503 g/mol. The Kier molecular flexibility index (Phi) is 6.72. The number of anilines is 1. The summed E-state index contributed by atoms with van der Waals surface area (Å²) in [6.45, 7) is 3.74. The molecule has 4 rings (SSSR count). The van der Waals surface area contributed by atoms with Gasteiger partial charge in [0.05, 0.1) is 11.3 Å². The smallest absolute Gasteiger partial charge is 0.267 e. The van der Waals surface area contributed by atoms with Gasteiger partial charge in [-0.25, -0.2) is 9.49 Å². The van der Waals surface area contributed by atoms with Gasteiger partial charge in [-0.3, -0.25) is 14.4 Å². The largest absolute Gasteiger partial charge is 0.327 e. The van der Waals surface area contributed by atoms with Crippen LogP contribution in [-0.4, -0.2) is 46.5 Å². The highest BCUT2D eigenvalue weighted by Crippen LogP contribution is 2.27. The molecule has 0 aliphatic carbocycles. The molecule has 2 aromatic carbocycles. The van der Waals surface area contributed by atoms with Crippen molar-refractivity contribution in [1.29, 1.82) is 0 Å². The number of carbonyl (C=O) groups is 2. The van der Waals surface area contributed by atoms with Gasteiger partial charge in [0.15, 0.2) is 0 Å². The number of hydrogen-bond donors (Lipinski definition) is 1. The number of H-pyrrole nitrogens is 1. The average Bonchev–Trinajstić information content (AvgIpc) is 2.79. The first-order valence-corrected chi connectivity index (χ1v) is 11.3. The van der Waals surface area contributed by atoms with E-state index in [1.165, 1.54) is 21.9 Å². The van der Waals surface area contributed by atoms with E-state index in [0.717, 1.165) is 5.56 Å². The molecule has 0 bridgehead atoms. The minimum absolute atomic E-state index is 0.122. The van der Waals surface area contributed by atoms with Crippen LogP contribution in [0.15, 0.2) is 41.2 Å². The second-order valence-corrected chi connectivity index (χ2v) is 9.01. The fourth-order valence-electron chi connectivity index (χ4n) is 3.87. The summed E-state index contributed by atoms with van der Waals surface area (Å²) >= 11 is 12.1. The molecule has 1 saturated heterocycles. The van der Waals surface area contributed by atoms with Crippen molar-refractivity contribution >= 4 is 40.7 Å². The van der Waals surface area contributed by atoms with Gasteiger partial charge in [-0.05, 0) is 55.3 Å². The van der Waals surface area contributed by atoms with Crippen LogP contribution in [0.5, 0.6) is 0 Å². The molecule has 0 radical (unpaired) electrons. The summed E-state index contributed by atoms with van der Waals surface area (Å²) in [7, 11) is 0. The van der Waals surface area contributed by atoms with Gasteiger partial charge in [0.25, 0.3) is 11.5 Å². The molecule has 1 aliphatic heterocycles. The predicted molar refractivity (Wildman–Crippen MR) is 128 cm³/mol. The second kappa shape index (κ2) is 9.56. The summed E-state index contributed by atoms with van der Waals surface area (Å²) in [5.74, 6) is -1.57. The summed E-state index contributed by atoms with van der Waals surface area (Å²) in [4.78, 5) is 40.4. The van der Waals surface area contributed by atoms with Gasteiger partial charge < -0.3 is 9.80 Å². The van der Waals surface area contributed by atoms with E-state index in [1.807, 2.05) is 0 Å². The van der Waals surface area contributed by atoms with E-state index < -0.39 is 11.7 Å². The summed E-state index contributed by atoms with van der Waals surface area (Å²) in [6.07, 6.45) is 0.312. The van der Waals surface area contributed by atoms with E-state index in [9.17, 15) is 18.8 Å². The van der Waals surface area contributed by atoms with Crippen molar-refractivity contribution in [3.8, 4) is 0 Å². The first kappa shape index (κ1) is 23.9. The van der Waals surface area contributed by atoms with E-state index in [2.05, 4.69) is 10.2 Å². The number of carbonyl (C=O) groups excluding carboxylic acids is 2. The van der Waals surface area contributed by atoms with Crippen LogP contribution in [-0.2, 0) is 11.2 Å². The van der Waals surface area contributed by atoms with Crippen molar-refractivity contribution in [2.45, 2.75) is 20.3 Å². The molecule has 0 saturated carbocycles. The number of nitrogens with one attached hydrogen (secondary N) is 1. The van der Waals surface area contributed by atoms with Gasteiger partial charge in [-0.15, -0.1) is 0 Å². The molecular formula is C24H21Cl2FN4O3. The van der Waals surface area contributed by atoms with Crippen LogP contribution in [0.3, 0.4) is 0 Å². The molecule has 3 aromatic rings. The number of halogens is 3. The van der Waals surface area contributed by atoms with Gasteiger partial charge >= 0.3 is 0 Å². The Morgan fingerprint density at radius 3 is 2.44 bits per heavy atom. The summed E-state index contributed by atoms with van der Waals surface area (Å²) < 4.78 is 14.6. The summed E-state index contributed by atoms with van der Waals surface area (Å²) in [5, 5.41) is 7.33. The molecule has 0 atom stereocenters. The number of benzene rings is 2. The van der Waals surface area contributed by atoms with Crippen molar-refractivity contribution < 1.29 is 14.0 Å². The van der Waals surface area contributed by atoms with Crippen molar-refractivity contribution in [3.05, 3.63) is 90.6 Å². The van der Waals surface area contributed by atoms with Crippen LogP contribution in [0.2, 0.25) is 10.0 Å². The number of hydrogen-bond acceptors (Lipinski definition) is 4. The first-order valence-electron chi connectivity index (χ1n) is 10.5. The van der Waals surface area contributed by atoms with Crippen LogP contribution < -0.4 is 10.5 Å². The van der Waals surface area contributed by atoms with Crippen LogP contribution >= 0.6 is 23.2 Å². The van der Waals surface area contributed by atoms with E-state index in [-0.39, 0.29) is 36.7 Å². The zero-order valence-electron chi connectivity index (χ0n) is 18.5. The number of rotatable bonds is 4. The number of amides is 2. The van der Waals surface area contributed by atoms with Crippen LogP contribution in [0.1, 0.15) is 32.7 Å². The van der Waals surface area contributed by atoms with Crippen molar-refractivity contribution in [1.82, 2.24) is 15.1 Å². The molecule has 1 aliphatic rings. The van der Waals surface area contributed by atoms with Crippen LogP contribution in [0.4, 0.5) is 10.1 Å². The maximum Gasteiger partial charge on any atom is 0.267 e. The van der Waals surface area contributed by atoms with Crippen molar-refractivity contribution in [3.63, 3.8) is 0 Å². The molecule has 0 spiro atoms. The van der Waals surface area contributed by atoms with E-state index >= 15 is 0 Å². The monoisotopic (exact) mass is 502 g/mol. The van der Waals surface area contributed by atoms with E-state index in [1.54, 1.807) is 38.1 Å². The highest BCUT2D eigenvalue weighted by atomic mass is 35.5. The van der Waals surface area contributed by atoms with Gasteiger partial charge in [0.1, 0.15) is 12.4 Å². The molecule has 0 unspecified atom stereocenters. The van der Waals surface area contributed by atoms with Crippen molar-refractivity contribution in [2.24, 2.45) is 0 Å². The molecule has 176 valence electrons. The minimum atomic E-state index is -0.674. The zero-order valence-corrected chi connectivity index (χ0v) is 20.0. The molecule has 2 heterocycles. The Morgan fingerprint density at radius 2 is 1.76 bits per heavy atom. The van der Waals surface area contributed by atoms with Gasteiger partial charge in [-0.1, -0.05) is 29.3 Å². The third kappa shape index (κ3) is 4.83. The molecular weight excluding hydrogens is 482 g/mol. The van der Waals surface area contributed by atoms with E-state index in [4.69, 9.17) is 23.2 Å². The second-order valence-electron chi connectivity index (χ2n) is 8.14. The van der Waals surface area contributed by atoms with Crippen LogP contribution in [0.25, 0.3) is 0 Å². The predicted octanol–water partition coefficient (Wildman–Crippen LogP) is 3.91. The first-order chi connectivity index (χ1) is 16.1. The maximum absolute atomic E-state index is 14.6. The van der Waals surface area contributed by atoms with Crippen LogP contribution in [0, 0.1) is 19.7 Å². The lowest BCUT2D eigenvalue weighted by Crippen LogP contribution is -2.52. The number of aromatic nitrogens is 2. The lowest BCUT2D eigenvalue weighted by atomic mass is 10.0. The van der Waals surface area contributed by atoms with Crippen molar-refractivity contribution in [2.75, 3.05) is 24.5 Å². The van der Waals surface area contributed by atoms with Gasteiger partial charge in [0, 0.05) is 40.8 Å². The fraction of sp³-hybridized carbons (Fsp3) is 0.250. The highest BCUT2D eigenvalue weighted by Gasteiger charge is 2.30. The van der Waals surface area contributed by atoms with Gasteiger partial charge in [-0.2, -0.15) is 5.10 Å². The summed E-state index contributed by atoms with van der Waals surface area (Å²) in [6, 6.07) is 9.08. The molecule has 34 heavy (non-hydrogen) atoms. The Bertz CT molecular complexity index is 1340. The molecule has 10 heteroatoms. The Balaban J connectivity index is 1.53. The van der Waals surface area contributed by atoms with Gasteiger partial charge in [0.2, 0.25) is 5.91 Å². The molecule has 1 N–H and O–H groups in total. The number of nitrogens with zero attached hydrogens (tertiary/aromatic N) is 3. The Labute approximate surface area is 205 Å². The summed E-state index contributed by atoms with van der Waals surface area (Å²) in [5.41, 5.74) is 2.74. The standard InChI is InChI=1S/C24H21Cl2FN4O3/c1-13-14(2)23(33)29-28-21(13)8-15-3-4-20(27)19(7-15)24(34)30-5-6-31(22(32)12-30)18-10-16(25)9-17(26)11-18/h3-4,7,9-11H,5-6,8,12H2,1-2H3,(H,29,33). The SMILES string of the molecule is Cc1c(Cc2ccc(F)c(C(=O)N3CCN(c4cc(Cl)cc(Cl)c4)C(=O)C3)c2)n[nH]c(=O)c1C. The zero-order chi connectivity index (χ0) is 24.6. The Hall–Kier alpha value is -3.23. The molecule has 1 aromatic heterocycles. The quantitative estimate of drug-likeness (QED) is 0.585. The third-order valence-corrected chi connectivity index (χ3v) is 6.36. The lowest BCUT2D eigenvalue weighted by molar-refractivity contribution is -0.120. The molecule has 7 nitrogen and oxygen atoms in total. The normalized spacial score (nSPS) is 14.0. The molecule has 2 amide bonds. The highest BCUT2D eigenvalue weighted by molar-refractivity contribution is 6.35. The number of aromatic amines is 1.